The topological polar surface area (TPSA) is 30.0 Å². The van der Waals surface area contributed by atoms with Crippen LogP contribution in [0.4, 0.5) is 4.39 Å². The number of rotatable bonds is 5. The number of likely N-dealkylation sites (tertiary alicyclic amines) is 1. The number of β-amino-alcohol motifs (C(OH)–C–C–N with tert-alkyl or cyclic N) is 1. The molecule has 0 bridgehead atoms. The van der Waals surface area contributed by atoms with Crippen molar-refractivity contribution in [3.8, 4) is 0 Å². The van der Waals surface area contributed by atoms with E-state index in [9.17, 15) is 9.50 Å². The quantitative estimate of drug-likeness (QED) is 0.831. The second-order valence-electron chi connectivity index (χ2n) is 7.83. The first-order valence-corrected chi connectivity index (χ1v) is 10.3. The van der Waals surface area contributed by atoms with Crippen LogP contribution in [-0.2, 0) is 13.1 Å². The SMILES string of the molecule is O[C@@H]1CN(Cc2ccccc2)CC1N1CCN(Cc2c(F)cccc2Cl)CC1. The molecule has 0 amide bonds. The maximum Gasteiger partial charge on any atom is 0.129 e. The van der Waals surface area contributed by atoms with E-state index in [1.807, 2.05) is 6.07 Å². The van der Waals surface area contributed by atoms with Gasteiger partial charge >= 0.3 is 0 Å². The van der Waals surface area contributed by atoms with Gasteiger partial charge in [0.05, 0.1) is 6.10 Å². The van der Waals surface area contributed by atoms with Gasteiger partial charge in [0.1, 0.15) is 5.82 Å². The van der Waals surface area contributed by atoms with E-state index in [0.717, 1.165) is 39.3 Å². The highest BCUT2D eigenvalue weighted by molar-refractivity contribution is 6.31. The van der Waals surface area contributed by atoms with E-state index in [0.29, 0.717) is 23.7 Å². The van der Waals surface area contributed by atoms with Crippen molar-refractivity contribution >= 4 is 11.6 Å². The summed E-state index contributed by atoms with van der Waals surface area (Å²) in [6, 6.07) is 15.4. The van der Waals surface area contributed by atoms with E-state index in [-0.39, 0.29) is 18.0 Å². The summed E-state index contributed by atoms with van der Waals surface area (Å²) in [4.78, 5) is 6.95. The third-order valence-electron chi connectivity index (χ3n) is 5.90. The number of benzene rings is 2. The minimum Gasteiger partial charge on any atom is -0.390 e. The maximum absolute atomic E-state index is 14.0. The molecule has 0 spiro atoms. The molecule has 4 nitrogen and oxygen atoms in total. The first-order valence-electron chi connectivity index (χ1n) is 9.94. The number of hydrogen-bond acceptors (Lipinski definition) is 4. The van der Waals surface area contributed by atoms with Gasteiger partial charge in [-0.15, -0.1) is 0 Å². The van der Waals surface area contributed by atoms with Gasteiger partial charge < -0.3 is 5.11 Å². The van der Waals surface area contributed by atoms with E-state index in [1.165, 1.54) is 11.6 Å². The Labute approximate surface area is 171 Å². The fraction of sp³-hybridized carbons (Fsp3) is 0.455. The van der Waals surface area contributed by atoms with Crippen molar-refractivity contribution < 1.29 is 9.50 Å². The van der Waals surface area contributed by atoms with Crippen LogP contribution in [0.2, 0.25) is 5.02 Å². The normalized spacial score (nSPS) is 24.7. The van der Waals surface area contributed by atoms with Gasteiger partial charge in [0.2, 0.25) is 0 Å². The van der Waals surface area contributed by atoms with Crippen LogP contribution in [0.15, 0.2) is 48.5 Å². The average molecular weight is 404 g/mol. The highest BCUT2D eigenvalue weighted by Crippen LogP contribution is 2.23. The summed E-state index contributed by atoms with van der Waals surface area (Å²) in [7, 11) is 0. The van der Waals surface area contributed by atoms with Crippen LogP contribution in [-0.4, -0.2) is 71.2 Å². The number of halogens is 2. The largest absolute Gasteiger partial charge is 0.390 e. The molecule has 2 saturated heterocycles. The molecule has 2 fully saturated rings. The van der Waals surface area contributed by atoms with Crippen LogP contribution in [0, 0.1) is 5.82 Å². The molecule has 0 aliphatic carbocycles. The van der Waals surface area contributed by atoms with Gasteiger partial charge in [-0.05, 0) is 17.7 Å². The molecule has 0 radical (unpaired) electrons. The highest BCUT2D eigenvalue weighted by atomic mass is 35.5. The predicted octanol–water partition coefficient (Wildman–Crippen LogP) is 2.84. The standard InChI is InChI=1S/C22H27ClFN3O/c23-19-7-4-8-20(24)18(19)14-25-9-11-27(12-10-25)21-15-26(16-22(21)28)13-17-5-2-1-3-6-17/h1-8,21-22,28H,9-16H2/t21?,22-/m1/s1. The fourth-order valence-corrected chi connectivity index (χ4v) is 4.56. The van der Waals surface area contributed by atoms with Crippen molar-refractivity contribution in [2.75, 3.05) is 39.3 Å². The zero-order valence-electron chi connectivity index (χ0n) is 16.0. The van der Waals surface area contributed by atoms with Crippen LogP contribution >= 0.6 is 11.6 Å². The van der Waals surface area contributed by atoms with Gasteiger partial charge in [-0.2, -0.15) is 0 Å². The maximum atomic E-state index is 14.0. The van der Waals surface area contributed by atoms with Crippen LogP contribution in [0.5, 0.6) is 0 Å². The number of piperazine rings is 1. The molecule has 1 N–H and O–H groups in total. The van der Waals surface area contributed by atoms with Crippen LogP contribution in [0.1, 0.15) is 11.1 Å². The molecule has 2 aromatic carbocycles. The Morgan fingerprint density at radius 3 is 2.36 bits per heavy atom. The van der Waals surface area contributed by atoms with E-state index in [2.05, 4.69) is 39.0 Å². The molecule has 2 aromatic rings. The van der Waals surface area contributed by atoms with Crippen molar-refractivity contribution in [2.24, 2.45) is 0 Å². The van der Waals surface area contributed by atoms with Crippen LogP contribution in [0.25, 0.3) is 0 Å². The second-order valence-corrected chi connectivity index (χ2v) is 8.23. The molecular formula is C22H27ClFN3O. The summed E-state index contributed by atoms with van der Waals surface area (Å²) in [5.74, 6) is -0.238. The van der Waals surface area contributed by atoms with Crippen molar-refractivity contribution in [3.05, 3.63) is 70.5 Å². The summed E-state index contributed by atoms with van der Waals surface area (Å²) in [5.41, 5.74) is 1.86. The summed E-state index contributed by atoms with van der Waals surface area (Å²) >= 11 is 6.17. The van der Waals surface area contributed by atoms with Crippen molar-refractivity contribution in [3.63, 3.8) is 0 Å². The lowest BCUT2D eigenvalue weighted by Crippen LogP contribution is -2.53. The Morgan fingerprint density at radius 1 is 0.893 bits per heavy atom. The lowest BCUT2D eigenvalue weighted by molar-refractivity contribution is 0.0421. The monoisotopic (exact) mass is 403 g/mol. The molecule has 28 heavy (non-hydrogen) atoms. The van der Waals surface area contributed by atoms with Gasteiger partial charge in [0.15, 0.2) is 0 Å². The van der Waals surface area contributed by atoms with E-state index in [4.69, 9.17) is 11.6 Å². The zero-order valence-corrected chi connectivity index (χ0v) is 16.7. The zero-order chi connectivity index (χ0) is 19.5. The number of aliphatic hydroxyl groups is 1. The van der Waals surface area contributed by atoms with Gasteiger partial charge in [-0.25, -0.2) is 4.39 Å². The van der Waals surface area contributed by atoms with Crippen molar-refractivity contribution in [1.82, 2.24) is 14.7 Å². The third kappa shape index (κ3) is 4.56. The molecule has 2 atom stereocenters. The van der Waals surface area contributed by atoms with E-state index >= 15 is 0 Å². The Balaban J connectivity index is 1.30. The van der Waals surface area contributed by atoms with Gasteiger partial charge in [0, 0.05) is 69.0 Å². The first-order chi connectivity index (χ1) is 13.6. The van der Waals surface area contributed by atoms with Gasteiger partial charge in [-0.1, -0.05) is 48.0 Å². The third-order valence-corrected chi connectivity index (χ3v) is 6.26. The lowest BCUT2D eigenvalue weighted by Gasteiger charge is -2.39. The summed E-state index contributed by atoms with van der Waals surface area (Å²) < 4.78 is 14.0. The first kappa shape index (κ1) is 19.8. The van der Waals surface area contributed by atoms with Crippen LogP contribution in [0.3, 0.4) is 0 Å². The lowest BCUT2D eigenvalue weighted by atomic mass is 10.1. The van der Waals surface area contributed by atoms with Gasteiger partial charge in [-0.3, -0.25) is 14.7 Å². The molecule has 0 saturated carbocycles. The molecular weight excluding hydrogens is 377 g/mol. The number of aliphatic hydroxyl groups excluding tert-OH is 1. The number of nitrogens with zero attached hydrogens (tertiary/aromatic N) is 3. The Hall–Kier alpha value is -1.50. The fourth-order valence-electron chi connectivity index (χ4n) is 4.34. The number of hydrogen-bond donors (Lipinski definition) is 1. The molecule has 4 rings (SSSR count). The smallest absolute Gasteiger partial charge is 0.129 e. The minimum absolute atomic E-state index is 0.169. The van der Waals surface area contributed by atoms with E-state index in [1.54, 1.807) is 12.1 Å². The predicted molar refractivity (Wildman–Crippen MR) is 110 cm³/mol. The molecule has 1 unspecified atom stereocenters. The molecule has 6 heteroatoms. The van der Waals surface area contributed by atoms with Crippen molar-refractivity contribution in [2.45, 2.75) is 25.2 Å². The summed E-state index contributed by atoms with van der Waals surface area (Å²) in [5, 5.41) is 11.1. The molecule has 2 aliphatic heterocycles. The average Bonchev–Trinajstić information content (AvgIpc) is 3.06. The van der Waals surface area contributed by atoms with Crippen LogP contribution < -0.4 is 0 Å². The molecule has 150 valence electrons. The molecule has 2 heterocycles. The minimum atomic E-state index is -0.323. The molecule has 0 aromatic heterocycles. The summed E-state index contributed by atoms with van der Waals surface area (Å²) in [6.07, 6.45) is -0.323. The van der Waals surface area contributed by atoms with E-state index < -0.39 is 0 Å². The Kier molecular flexibility index (Phi) is 6.28. The van der Waals surface area contributed by atoms with Crippen molar-refractivity contribution in [1.29, 1.82) is 0 Å². The Bertz CT molecular complexity index is 762. The Morgan fingerprint density at radius 2 is 1.64 bits per heavy atom. The highest BCUT2D eigenvalue weighted by Gasteiger charge is 2.36. The second kappa shape index (κ2) is 8.89. The van der Waals surface area contributed by atoms with Gasteiger partial charge in [0.25, 0.3) is 0 Å². The molecule has 2 aliphatic rings. The summed E-state index contributed by atoms with van der Waals surface area (Å²) in [6.45, 7) is 6.48.